The summed E-state index contributed by atoms with van der Waals surface area (Å²) in [6.07, 6.45) is 2.31. The molecule has 1 rings (SSSR count). The van der Waals surface area contributed by atoms with Gasteiger partial charge in [0.15, 0.2) is 0 Å². The van der Waals surface area contributed by atoms with Crippen molar-refractivity contribution in [2.45, 2.75) is 53.0 Å². The lowest BCUT2D eigenvalue weighted by atomic mass is 9.94. The van der Waals surface area contributed by atoms with E-state index in [1.807, 2.05) is 32.6 Å². The van der Waals surface area contributed by atoms with Gasteiger partial charge in [0.25, 0.3) is 0 Å². The lowest BCUT2D eigenvalue weighted by Gasteiger charge is -2.33. The molecule has 0 saturated carbocycles. The number of nitrogens with one attached hydrogen (secondary N) is 1. The molecular formula is C13H24N2O2. The van der Waals surface area contributed by atoms with E-state index >= 15 is 0 Å². The maximum atomic E-state index is 11.8. The van der Waals surface area contributed by atoms with Crippen LogP contribution in [0.3, 0.4) is 0 Å². The van der Waals surface area contributed by atoms with Crippen molar-refractivity contribution in [2.24, 2.45) is 5.41 Å². The Hall–Kier alpha value is -1.06. The summed E-state index contributed by atoms with van der Waals surface area (Å²) in [5, 5.41) is 3.06. The first-order valence-electron chi connectivity index (χ1n) is 6.43. The van der Waals surface area contributed by atoms with Gasteiger partial charge in [-0.2, -0.15) is 0 Å². The third-order valence-electron chi connectivity index (χ3n) is 3.17. The number of hydrogen-bond acceptors (Lipinski definition) is 2. The minimum absolute atomic E-state index is 0.0952. The maximum Gasteiger partial charge on any atom is 0.225 e. The third kappa shape index (κ3) is 4.02. The van der Waals surface area contributed by atoms with E-state index in [-0.39, 0.29) is 23.3 Å². The number of piperidine rings is 1. The first-order chi connectivity index (χ1) is 7.84. The van der Waals surface area contributed by atoms with Crippen molar-refractivity contribution in [1.29, 1.82) is 0 Å². The Morgan fingerprint density at radius 3 is 2.18 bits per heavy atom. The van der Waals surface area contributed by atoms with Gasteiger partial charge in [-0.3, -0.25) is 9.59 Å². The molecule has 1 heterocycles. The van der Waals surface area contributed by atoms with Crippen molar-refractivity contribution in [1.82, 2.24) is 10.2 Å². The van der Waals surface area contributed by atoms with Gasteiger partial charge >= 0.3 is 0 Å². The Labute approximate surface area is 104 Å². The van der Waals surface area contributed by atoms with Gasteiger partial charge in [0.2, 0.25) is 11.8 Å². The molecule has 0 unspecified atom stereocenters. The molecule has 0 atom stereocenters. The fraction of sp³-hybridized carbons (Fsp3) is 0.846. The van der Waals surface area contributed by atoms with Crippen LogP contribution in [-0.2, 0) is 9.59 Å². The Bertz CT molecular complexity index is 286. The molecule has 1 fully saturated rings. The molecule has 0 aliphatic carbocycles. The molecule has 0 radical (unpaired) electrons. The second-order valence-corrected chi connectivity index (χ2v) is 5.73. The van der Waals surface area contributed by atoms with Crippen molar-refractivity contribution in [3.05, 3.63) is 0 Å². The molecule has 1 aliphatic heterocycles. The summed E-state index contributed by atoms with van der Waals surface area (Å²) < 4.78 is 0. The summed E-state index contributed by atoms with van der Waals surface area (Å²) in [6.45, 7) is 9.16. The fourth-order valence-corrected chi connectivity index (χ4v) is 1.90. The normalized spacial score (nSPS) is 18.0. The molecule has 0 aromatic heterocycles. The average molecular weight is 240 g/mol. The molecule has 1 N–H and O–H groups in total. The Balaban J connectivity index is 2.38. The number of nitrogens with zero attached hydrogens (tertiary/aromatic N) is 1. The number of rotatable bonds is 2. The van der Waals surface area contributed by atoms with Crippen LogP contribution in [0.2, 0.25) is 0 Å². The number of hydrogen-bond donors (Lipinski definition) is 1. The summed E-state index contributed by atoms with van der Waals surface area (Å²) in [6, 6.07) is 0.225. The summed E-state index contributed by atoms with van der Waals surface area (Å²) >= 11 is 0. The van der Waals surface area contributed by atoms with E-state index in [1.54, 1.807) is 0 Å². The zero-order valence-corrected chi connectivity index (χ0v) is 11.4. The average Bonchev–Trinajstić information content (AvgIpc) is 2.27. The summed E-state index contributed by atoms with van der Waals surface area (Å²) in [7, 11) is 0. The maximum absolute atomic E-state index is 11.8. The van der Waals surface area contributed by atoms with Gasteiger partial charge in [-0.25, -0.2) is 0 Å². The number of amides is 2. The predicted octanol–water partition coefficient (Wildman–Crippen LogP) is 1.55. The quantitative estimate of drug-likeness (QED) is 0.796. The number of likely N-dealkylation sites (tertiary alicyclic amines) is 1. The van der Waals surface area contributed by atoms with Crippen LogP contribution in [0.25, 0.3) is 0 Å². The van der Waals surface area contributed by atoms with E-state index in [0.29, 0.717) is 6.42 Å². The van der Waals surface area contributed by atoms with E-state index < -0.39 is 0 Å². The standard InChI is InChI=1S/C13H24N2O2/c1-5-11(16)15-8-6-10(7-9-15)14-12(17)13(2,3)4/h10H,5-9H2,1-4H3,(H,14,17). The van der Waals surface area contributed by atoms with Crippen molar-refractivity contribution in [3.63, 3.8) is 0 Å². The van der Waals surface area contributed by atoms with Crippen LogP contribution in [0.5, 0.6) is 0 Å². The molecule has 1 aliphatic rings. The van der Waals surface area contributed by atoms with Gasteiger partial charge in [-0.05, 0) is 12.8 Å². The number of carbonyl (C=O) groups excluding carboxylic acids is 2. The van der Waals surface area contributed by atoms with Crippen molar-refractivity contribution < 1.29 is 9.59 Å². The monoisotopic (exact) mass is 240 g/mol. The predicted molar refractivity (Wildman–Crippen MR) is 67.5 cm³/mol. The summed E-state index contributed by atoms with van der Waals surface area (Å²) in [4.78, 5) is 25.2. The van der Waals surface area contributed by atoms with Crippen LogP contribution in [0.1, 0.15) is 47.0 Å². The van der Waals surface area contributed by atoms with Crippen LogP contribution in [-0.4, -0.2) is 35.8 Å². The molecule has 0 spiro atoms. The molecule has 0 aromatic carbocycles. The fourth-order valence-electron chi connectivity index (χ4n) is 1.90. The lowest BCUT2D eigenvalue weighted by molar-refractivity contribution is -0.132. The first kappa shape index (κ1) is 14.0. The van der Waals surface area contributed by atoms with Crippen LogP contribution in [0, 0.1) is 5.41 Å². The topological polar surface area (TPSA) is 49.4 Å². The Kier molecular flexibility index (Phi) is 4.54. The van der Waals surface area contributed by atoms with Crippen LogP contribution < -0.4 is 5.32 Å². The highest BCUT2D eigenvalue weighted by molar-refractivity contribution is 5.81. The van der Waals surface area contributed by atoms with E-state index in [0.717, 1.165) is 25.9 Å². The van der Waals surface area contributed by atoms with Crippen LogP contribution >= 0.6 is 0 Å². The highest BCUT2D eigenvalue weighted by Gasteiger charge is 2.27. The Morgan fingerprint density at radius 2 is 1.76 bits per heavy atom. The van der Waals surface area contributed by atoms with E-state index in [9.17, 15) is 9.59 Å². The molecule has 2 amide bonds. The van der Waals surface area contributed by atoms with Gasteiger partial charge in [-0.15, -0.1) is 0 Å². The van der Waals surface area contributed by atoms with Gasteiger partial charge in [0, 0.05) is 31.0 Å². The highest BCUT2D eigenvalue weighted by atomic mass is 16.2. The highest BCUT2D eigenvalue weighted by Crippen LogP contribution is 2.16. The molecule has 0 aromatic rings. The van der Waals surface area contributed by atoms with Gasteiger partial charge in [-0.1, -0.05) is 27.7 Å². The van der Waals surface area contributed by atoms with Crippen LogP contribution in [0.4, 0.5) is 0 Å². The molecule has 1 saturated heterocycles. The Morgan fingerprint density at radius 1 is 1.24 bits per heavy atom. The zero-order chi connectivity index (χ0) is 13.1. The number of carbonyl (C=O) groups is 2. The van der Waals surface area contributed by atoms with Gasteiger partial charge in [0.1, 0.15) is 0 Å². The lowest BCUT2D eigenvalue weighted by Crippen LogP contribution is -2.48. The van der Waals surface area contributed by atoms with Crippen molar-refractivity contribution in [2.75, 3.05) is 13.1 Å². The smallest absolute Gasteiger partial charge is 0.225 e. The minimum atomic E-state index is -0.337. The zero-order valence-electron chi connectivity index (χ0n) is 11.4. The first-order valence-corrected chi connectivity index (χ1v) is 6.43. The summed E-state index contributed by atoms with van der Waals surface area (Å²) in [5.41, 5.74) is -0.337. The second-order valence-electron chi connectivity index (χ2n) is 5.73. The molecule has 4 heteroatoms. The van der Waals surface area contributed by atoms with E-state index in [2.05, 4.69) is 5.32 Å². The largest absolute Gasteiger partial charge is 0.353 e. The van der Waals surface area contributed by atoms with Gasteiger partial charge < -0.3 is 10.2 Å². The molecule has 17 heavy (non-hydrogen) atoms. The van der Waals surface area contributed by atoms with E-state index in [4.69, 9.17) is 0 Å². The van der Waals surface area contributed by atoms with E-state index in [1.165, 1.54) is 0 Å². The van der Waals surface area contributed by atoms with Gasteiger partial charge in [0.05, 0.1) is 0 Å². The molecule has 0 bridgehead atoms. The third-order valence-corrected chi connectivity index (χ3v) is 3.17. The second kappa shape index (κ2) is 5.52. The SMILES string of the molecule is CCC(=O)N1CCC(NC(=O)C(C)(C)C)CC1. The minimum Gasteiger partial charge on any atom is -0.353 e. The van der Waals surface area contributed by atoms with Crippen molar-refractivity contribution in [3.8, 4) is 0 Å². The van der Waals surface area contributed by atoms with Crippen LogP contribution in [0.15, 0.2) is 0 Å². The molecule has 4 nitrogen and oxygen atoms in total. The summed E-state index contributed by atoms with van der Waals surface area (Å²) in [5.74, 6) is 0.309. The molecule has 98 valence electrons. The molecular weight excluding hydrogens is 216 g/mol. The van der Waals surface area contributed by atoms with Crippen molar-refractivity contribution >= 4 is 11.8 Å².